The molecule has 0 radical (unpaired) electrons. The molecule has 0 N–H and O–H groups in total. The zero-order valence-corrected chi connectivity index (χ0v) is 16.0. The highest BCUT2D eigenvalue weighted by molar-refractivity contribution is 6.77. The molecule has 0 aromatic rings. The highest BCUT2D eigenvalue weighted by Gasteiger charge is 2.44. The number of hydrogen-bond acceptors (Lipinski definition) is 1. The standard InChI is InChI=1S/C18H38OSi/c1-8-9-10-11-12-13-14-15-19-20(16(2)3,17(4)5)18(6)7/h9-10,16-18H,8,11-15H2,1-7H3/b10-9-. The van der Waals surface area contributed by atoms with Crippen molar-refractivity contribution in [1.29, 1.82) is 0 Å². The zero-order chi connectivity index (χ0) is 15.6. The van der Waals surface area contributed by atoms with Gasteiger partial charge in [0.1, 0.15) is 0 Å². The molecule has 120 valence electrons. The Kier molecular flexibility index (Phi) is 10.6. The third-order valence-electron chi connectivity index (χ3n) is 4.48. The third kappa shape index (κ3) is 6.13. The molecule has 0 heterocycles. The first-order chi connectivity index (χ1) is 9.39. The van der Waals surface area contributed by atoms with Gasteiger partial charge >= 0.3 is 0 Å². The summed E-state index contributed by atoms with van der Waals surface area (Å²) in [4.78, 5) is 0. The van der Waals surface area contributed by atoms with Gasteiger partial charge in [-0.2, -0.15) is 0 Å². The maximum absolute atomic E-state index is 6.56. The zero-order valence-electron chi connectivity index (χ0n) is 15.0. The fourth-order valence-electron chi connectivity index (χ4n) is 3.57. The Morgan fingerprint density at radius 3 is 1.80 bits per heavy atom. The molecule has 0 saturated heterocycles. The second-order valence-corrected chi connectivity index (χ2v) is 12.4. The van der Waals surface area contributed by atoms with Crippen molar-refractivity contribution in [1.82, 2.24) is 0 Å². The van der Waals surface area contributed by atoms with Crippen LogP contribution in [0.25, 0.3) is 0 Å². The van der Waals surface area contributed by atoms with Gasteiger partial charge < -0.3 is 4.43 Å². The van der Waals surface area contributed by atoms with Gasteiger partial charge in [0.2, 0.25) is 0 Å². The van der Waals surface area contributed by atoms with Gasteiger partial charge in [0, 0.05) is 6.61 Å². The molecule has 20 heavy (non-hydrogen) atoms. The van der Waals surface area contributed by atoms with Crippen LogP contribution in [0.15, 0.2) is 12.2 Å². The molecule has 0 aliphatic rings. The van der Waals surface area contributed by atoms with Crippen LogP contribution in [0, 0.1) is 0 Å². The molecule has 0 aromatic carbocycles. The van der Waals surface area contributed by atoms with E-state index in [1.807, 2.05) is 0 Å². The molecule has 0 aliphatic carbocycles. The highest BCUT2D eigenvalue weighted by atomic mass is 28.4. The van der Waals surface area contributed by atoms with Crippen molar-refractivity contribution in [3.8, 4) is 0 Å². The van der Waals surface area contributed by atoms with E-state index in [4.69, 9.17) is 4.43 Å². The summed E-state index contributed by atoms with van der Waals surface area (Å²) < 4.78 is 6.56. The first kappa shape index (κ1) is 19.9. The molecule has 0 saturated carbocycles. The Balaban J connectivity index is 4.13. The SMILES string of the molecule is CC/C=C\CCCCCO[Si](C(C)C)(C(C)C)C(C)C. The summed E-state index contributed by atoms with van der Waals surface area (Å²) in [7, 11) is -1.62. The van der Waals surface area contributed by atoms with Crippen molar-refractivity contribution in [2.75, 3.05) is 6.61 Å². The highest BCUT2D eigenvalue weighted by Crippen LogP contribution is 2.42. The predicted molar refractivity (Wildman–Crippen MR) is 94.9 cm³/mol. The summed E-state index contributed by atoms with van der Waals surface area (Å²) in [6.07, 6.45) is 10.8. The van der Waals surface area contributed by atoms with E-state index in [-0.39, 0.29) is 0 Å². The maximum atomic E-state index is 6.56. The van der Waals surface area contributed by atoms with Crippen LogP contribution in [-0.4, -0.2) is 14.9 Å². The summed E-state index contributed by atoms with van der Waals surface area (Å²) in [6.45, 7) is 17.3. The van der Waals surface area contributed by atoms with Gasteiger partial charge in [-0.1, -0.05) is 67.0 Å². The van der Waals surface area contributed by atoms with Crippen LogP contribution in [0.4, 0.5) is 0 Å². The second kappa shape index (κ2) is 10.6. The van der Waals surface area contributed by atoms with Crippen molar-refractivity contribution in [2.24, 2.45) is 0 Å². The average molecular weight is 299 g/mol. The van der Waals surface area contributed by atoms with Gasteiger partial charge in [-0.3, -0.25) is 0 Å². The summed E-state index contributed by atoms with van der Waals surface area (Å²) >= 11 is 0. The van der Waals surface area contributed by atoms with Crippen LogP contribution in [-0.2, 0) is 4.43 Å². The van der Waals surface area contributed by atoms with Crippen LogP contribution in [0.2, 0.25) is 16.6 Å². The van der Waals surface area contributed by atoms with E-state index in [1.54, 1.807) is 0 Å². The number of rotatable bonds is 11. The molecular weight excluding hydrogens is 260 g/mol. The van der Waals surface area contributed by atoms with Crippen molar-refractivity contribution in [3.63, 3.8) is 0 Å². The first-order valence-corrected chi connectivity index (χ1v) is 10.8. The molecule has 0 amide bonds. The molecule has 0 bridgehead atoms. The normalized spacial score (nSPS) is 13.3. The molecule has 0 aromatic heterocycles. The Morgan fingerprint density at radius 2 is 1.35 bits per heavy atom. The van der Waals surface area contributed by atoms with Crippen LogP contribution in [0.1, 0.15) is 80.6 Å². The van der Waals surface area contributed by atoms with Gasteiger partial charge in [-0.15, -0.1) is 0 Å². The van der Waals surface area contributed by atoms with Crippen molar-refractivity contribution in [2.45, 2.75) is 97.2 Å². The topological polar surface area (TPSA) is 9.23 Å². The molecule has 0 fully saturated rings. The Hall–Kier alpha value is -0.0831. The number of allylic oxidation sites excluding steroid dienone is 2. The third-order valence-corrected chi connectivity index (χ3v) is 10.6. The lowest BCUT2D eigenvalue weighted by Gasteiger charge is -2.42. The maximum Gasteiger partial charge on any atom is 0.200 e. The van der Waals surface area contributed by atoms with E-state index < -0.39 is 8.32 Å². The molecule has 1 nitrogen and oxygen atoms in total. The quantitative estimate of drug-likeness (QED) is 0.234. The molecular formula is C18H38OSi. The molecule has 0 spiro atoms. The van der Waals surface area contributed by atoms with Crippen molar-refractivity contribution >= 4 is 8.32 Å². The van der Waals surface area contributed by atoms with Crippen molar-refractivity contribution in [3.05, 3.63) is 12.2 Å². The number of hydrogen-bond donors (Lipinski definition) is 0. The van der Waals surface area contributed by atoms with Crippen LogP contribution in [0.3, 0.4) is 0 Å². The minimum absolute atomic E-state index is 0.704. The minimum Gasteiger partial charge on any atom is -0.416 e. The predicted octanol–water partition coefficient (Wildman–Crippen LogP) is 6.71. The Morgan fingerprint density at radius 1 is 0.800 bits per heavy atom. The van der Waals surface area contributed by atoms with Gasteiger partial charge in [0.25, 0.3) is 0 Å². The summed E-state index contributed by atoms with van der Waals surface area (Å²) in [6, 6.07) is 0. The van der Waals surface area contributed by atoms with Crippen LogP contribution in [0.5, 0.6) is 0 Å². The summed E-state index contributed by atoms with van der Waals surface area (Å²) in [5, 5.41) is 0. The lowest BCUT2D eigenvalue weighted by Crippen LogP contribution is -2.47. The molecule has 0 unspecified atom stereocenters. The van der Waals surface area contributed by atoms with E-state index in [0.29, 0.717) is 16.6 Å². The lowest BCUT2D eigenvalue weighted by molar-refractivity contribution is 0.268. The van der Waals surface area contributed by atoms with E-state index in [0.717, 1.165) is 13.0 Å². The van der Waals surface area contributed by atoms with E-state index in [1.165, 1.54) is 25.7 Å². The van der Waals surface area contributed by atoms with E-state index in [2.05, 4.69) is 60.6 Å². The van der Waals surface area contributed by atoms with Crippen molar-refractivity contribution < 1.29 is 4.43 Å². The fourth-order valence-corrected chi connectivity index (χ4v) is 9.07. The van der Waals surface area contributed by atoms with Gasteiger partial charge in [0.05, 0.1) is 0 Å². The number of unbranched alkanes of at least 4 members (excludes halogenated alkanes) is 3. The molecule has 0 atom stereocenters. The Bertz CT molecular complexity index is 234. The lowest BCUT2D eigenvalue weighted by atomic mass is 10.2. The van der Waals surface area contributed by atoms with Gasteiger partial charge in [0.15, 0.2) is 8.32 Å². The molecule has 0 aliphatic heterocycles. The van der Waals surface area contributed by atoms with Gasteiger partial charge in [-0.05, 0) is 42.3 Å². The second-order valence-electron chi connectivity index (χ2n) is 6.90. The average Bonchev–Trinajstić information content (AvgIpc) is 2.35. The molecule has 0 rings (SSSR count). The monoisotopic (exact) mass is 298 g/mol. The van der Waals surface area contributed by atoms with Crippen LogP contribution >= 0.6 is 0 Å². The van der Waals surface area contributed by atoms with E-state index >= 15 is 0 Å². The fraction of sp³-hybridized carbons (Fsp3) is 0.889. The first-order valence-electron chi connectivity index (χ1n) is 8.68. The summed E-state index contributed by atoms with van der Waals surface area (Å²) in [5.41, 5.74) is 2.11. The largest absolute Gasteiger partial charge is 0.416 e. The minimum atomic E-state index is -1.62. The smallest absolute Gasteiger partial charge is 0.200 e. The van der Waals surface area contributed by atoms with E-state index in [9.17, 15) is 0 Å². The Labute approximate surface area is 129 Å². The van der Waals surface area contributed by atoms with Gasteiger partial charge in [-0.25, -0.2) is 0 Å². The summed E-state index contributed by atoms with van der Waals surface area (Å²) in [5.74, 6) is 0. The van der Waals surface area contributed by atoms with Crippen LogP contribution < -0.4 is 0 Å². The molecule has 2 heteroatoms.